The summed E-state index contributed by atoms with van der Waals surface area (Å²) >= 11 is 0. The molecule has 0 aliphatic carbocycles. The third kappa shape index (κ3) is 12.7. The molecule has 0 rings (SSSR count). The number of rotatable bonds is 3. The summed E-state index contributed by atoms with van der Waals surface area (Å²) in [5.41, 5.74) is 3.18. The number of hydrogen-bond acceptors (Lipinski definition) is 3. The maximum Gasteiger partial charge on any atom is 0.303 e. The first-order valence-electron chi connectivity index (χ1n) is 5.58. The van der Waals surface area contributed by atoms with E-state index < -0.39 is 14.2 Å². The SMILES string of the molecule is CC(=O)OCC#CCC(O)CC#C[Si](C)(C)C. The van der Waals surface area contributed by atoms with Gasteiger partial charge in [0.25, 0.3) is 0 Å². The molecule has 1 unspecified atom stereocenters. The van der Waals surface area contributed by atoms with Crippen LogP contribution in [0.25, 0.3) is 0 Å². The van der Waals surface area contributed by atoms with Gasteiger partial charge in [-0.1, -0.05) is 31.5 Å². The lowest BCUT2D eigenvalue weighted by Gasteiger charge is -2.04. The van der Waals surface area contributed by atoms with E-state index in [0.29, 0.717) is 12.8 Å². The van der Waals surface area contributed by atoms with Gasteiger partial charge in [0.2, 0.25) is 0 Å². The van der Waals surface area contributed by atoms with Crippen molar-refractivity contribution in [3.8, 4) is 23.3 Å². The fourth-order valence-corrected chi connectivity index (χ4v) is 1.52. The molecule has 0 saturated heterocycles. The van der Waals surface area contributed by atoms with Gasteiger partial charge in [-0.3, -0.25) is 4.79 Å². The molecule has 0 spiro atoms. The summed E-state index contributed by atoms with van der Waals surface area (Å²) in [4.78, 5) is 10.4. The van der Waals surface area contributed by atoms with E-state index in [2.05, 4.69) is 47.7 Å². The molecular formula is C13H20O3Si. The molecule has 1 N–H and O–H groups in total. The largest absolute Gasteiger partial charge is 0.453 e. The summed E-state index contributed by atoms with van der Waals surface area (Å²) in [6.45, 7) is 7.90. The summed E-state index contributed by atoms with van der Waals surface area (Å²) in [5, 5.41) is 9.56. The molecule has 1 atom stereocenters. The number of aliphatic hydroxyl groups excluding tert-OH is 1. The summed E-state index contributed by atoms with van der Waals surface area (Å²) in [6.07, 6.45) is 0.289. The Morgan fingerprint density at radius 3 is 2.35 bits per heavy atom. The highest BCUT2D eigenvalue weighted by Gasteiger charge is 2.07. The monoisotopic (exact) mass is 252 g/mol. The highest BCUT2D eigenvalue weighted by atomic mass is 28.3. The Morgan fingerprint density at radius 1 is 1.24 bits per heavy atom. The molecule has 4 heteroatoms. The molecule has 0 aliphatic heterocycles. The quantitative estimate of drug-likeness (QED) is 0.471. The predicted octanol–water partition coefficient (Wildman–Crippen LogP) is 1.57. The van der Waals surface area contributed by atoms with E-state index in [1.54, 1.807) is 0 Å². The molecule has 0 saturated carbocycles. The van der Waals surface area contributed by atoms with Gasteiger partial charge >= 0.3 is 5.97 Å². The van der Waals surface area contributed by atoms with Gasteiger partial charge in [0.1, 0.15) is 8.07 Å². The van der Waals surface area contributed by atoms with E-state index in [0.717, 1.165) is 0 Å². The zero-order valence-corrected chi connectivity index (χ0v) is 12.0. The minimum Gasteiger partial charge on any atom is -0.453 e. The first-order valence-corrected chi connectivity index (χ1v) is 9.08. The number of hydrogen-bond donors (Lipinski definition) is 1. The Bertz CT molecular complexity index is 360. The third-order valence-electron chi connectivity index (χ3n) is 1.61. The number of aliphatic hydroxyl groups is 1. The molecule has 0 amide bonds. The first-order chi connectivity index (χ1) is 7.81. The van der Waals surface area contributed by atoms with Gasteiger partial charge in [0.05, 0.1) is 6.10 Å². The van der Waals surface area contributed by atoms with E-state index in [9.17, 15) is 9.90 Å². The minimum absolute atomic E-state index is 0.0859. The fraction of sp³-hybridized carbons (Fsp3) is 0.615. The van der Waals surface area contributed by atoms with Gasteiger partial charge in [-0.15, -0.1) is 11.5 Å². The van der Waals surface area contributed by atoms with Gasteiger partial charge in [-0.25, -0.2) is 0 Å². The molecule has 94 valence electrons. The van der Waals surface area contributed by atoms with Crippen LogP contribution in [0, 0.1) is 23.3 Å². The molecule has 0 bridgehead atoms. The lowest BCUT2D eigenvalue weighted by molar-refractivity contribution is -0.139. The molecule has 0 aliphatic rings. The van der Waals surface area contributed by atoms with Crippen molar-refractivity contribution in [1.29, 1.82) is 0 Å². The van der Waals surface area contributed by atoms with Crippen LogP contribution in [-0.2, 0) is 9.53 Å². The summed E-state index contributed by atoms with van der Waals surface area (Å²) in [5.74, 6) is 8.06. The second-order valence-corrected chi connectivity index (χ2v) is 9.50. The Kier molecular flexibility index (Phi) is 7.37. The van der Waals surface area contributed by atoms with Gasteiger partial charge in [-0.05, 0) is 0 Å². The van der Waals surface area contributed by atoms with Crippen molar-refractivity contribution in [3.63, 3.8) is 0 Å². The zero-order valence-electron chi connectivity index (χ0n) is 11.0. The summed E-state index contributed by atoms with van der Waals surface area (Å²) in [7, 11) is -1.35. The molecule has 0 fully saturated rings. The Hall–Kier alpha value is -1.23. The number of ether oxygens (including phenoxy) is 1. The highest BCUT2D eigenvalue weighted by Crippen LogP contribution is 1.99. The van der Waals surface area contributed by atoms with Crippen molar-refractivity contribution in [1.82, 2.24) is 0 Å². The van der Waals surface area contributed by atoms with E-state index >= 15 is 0 Å². The second-order valence-electron chi connectivity index (χ2n) is 4.75. The van der Waals surface area contributed by atoms with Crippen LogP contribution in [0.3, 0.4) is 0 Å². The Morgan fingerprint density at radius 2 is 1.82 bits per heavy atom. The smallest absolute Gasteiger partial charge is 0.303 e. The summed E-state index contributed by atoms with van der Waals surface area (Å²) < 4.78 is 4.63. The van der Waals surface area contributed by atoms with E-state index in [4.69, 9.17) is 0 Å². The number of carbonyl (C=O) groups is 1. The maximum atomic E-state index is 10.4. The lowest BCUT2D eigenvalue weighted by Crippen LogP contribution is -2.16. The van der Waals surface area contributed by atoms with Gasteiger partial charge in [0.15, 0.2) is 6.61 Å². The normalized spacial score (nSPS) is 11.6. The predicted molar refractivity (Wildman–Crippen MR) is 70.8 cm³/mol. The summed E-state index contributed by atoms with van der Waals surface area (Å²) in [6, 6.07) is 0. The van der Waals surface area contributed by atoms with E-state index in [-0.39, 0.29) is 12.6 Å². The van der Waals surface area contributed by atoms with Crippen LogP contribution in [0.1, 0.15) is 19.8 Å². The number of carbonyl (C=O) groups excluding carboxylic acids is 1. The number of esters is 1. The first kappa shape index (κ1) is 15.8. The van der Waals surface area contributed by atoms with Crippen LogP contribution in [0.5, 0.6) is 0 Å². The zero-order chi connectivity index (χ0) is 13.3. The van der Waals surface area contributed by atoms with Gasteiger partial charge in [0, 0.05) is 19.8 Å². The average molecular weight is 252 g/mol. The van der Waals surface area contributed by atoms with Crippen LogP contribution in [0.15, 0.2) is 0 Å². The molecule has 0 radical (unpaired) electrons. The van der Waals surface area contributed by atoms with Crippen LogP contribution in [0.4, 0.5) is 0 Å². The standard InChI is InChI=1S/C13H20O3Si/c1-12(14)16-10-6-5-8-13(15)9-7-11-17(2,3)4/h13,15H,8-10H2,1-4H3. The third-order valence-corrected chi connectivity index (χ3v) is 2.54. The van der Waals surface area contributed by atoms with Crippen molar-refractivity contribution in [2.24, 2.45) is 0 Å². The highest BCUT2D eigenvalue weighted by molar-refractivity contribution is 6.83. The van der Waals surface area contributed by atoms with E-state index in [1.807, 2.05) is 0 Å². The van der Waals surface area contributed by atoms with Crippen molar-refractivity contribution >= 4 is 14.0 Å². The molecule has 0 aromatic heterocycles. The second kappa shape index (κ2) is 7.95. The lowest BCUT2D eigenvalue weighted by atomic mass is 10.2. The fourth-order valence-electron chi connectivity index (χ4n) is 0.885. The Labute approximate surface area is 105 Å². The topological polar surface area (TPSA) is 46.5 Å². The van der Waals surface area contributed by atoms with Crippen LogP contribution in [0.2, 0.25) is 19.6 Å². The molecule has 0 aromatic carbocycles. The van der Waals surface area contributed by atoms with Crippen molar-refractivity contribution < 1.29 is 14.6 Å². The van der Waals surface area contributed by atoms with Crippen molar-refractivity contribution in [2.45, 2.75) is 45.5 Å². The van der Waals surface area contributed by atoms with Crippen LogP contribution in [-0.4, -0.2) is 31.9 Å². The van der Waals surface area contributed by atoms with Crippen molar-refractivity contribution in [2.75, 3.05) is 6.61 Å². The Balaban J connectivity index is 3.82. The van der Waals surface area contributed by atoms with Gasteiger partial charge in [-0.2, -0.15) is 0 Å². The van der Waals surface area contributed by atoms with E-state index in [1.165, 1.54) is 6.92 Å². The van der Waals surface area contributed by atoms with Crippen LogP contribution < -0.4 is 0 Å². The molecular weight excluding hydrogens is 232 g/mol. The van der Waals surface area contributed by atoms with Crippen molar-refractivity contribution in [3.05, 3.63) is 0 Å². The minimum atomic E-state index is -1.35. The average Bonchev–Trinajstić information content (AvgIpc) is 2.14. The molecule has 3 nitrogen and oxygen atoms in total. The molecule has 0 aromatic rings. The van der Waals surface area contributed by atoms with Crippen LogP contribution >= 0.6 is 0 Å². The molecule has 17 heavy (non-hydrogen) atoms. The molecule has 0 heterocycles. The van der Waals surface area contributed by atoms with Gasteiger partial charge < -0.3 is 9.84 Å². The maximum absolute atomic E-state index is 10.4.